The molecule has 2 heterocycles. The van der Waals surface area contributed by atoms with E-state index in [9.17, 15) is 9.59 Å². The summed E-state index contributed by atoms with van der Waals surface area (Å²) < 4.78 is 0. The van der Waals surface area contributed by atoms with Crippen LogP contribution in [0.1, 0.15) is 48.2 Å². The fourth-order valence-corrected chi connectivity index (χ4v) is 3.98. The maximum Gasteiger partial charge on any atom is 0.268 e. The summed E-state index contributed by atoms with van der Waals surface area (Å²) in [6.07, 6.45) is 6.00. The average Bonchev–Trinajstić information content (AvgIpc) is 2.95. The van der Waals surface area contributed by atoms with Gasteiger partial charge in [0, 0.05) is 35.1 Å². The van der Waals surface area contributed by atoms with Crippen molar-refractivity contribution in [2.24, 2.45) is 5.73 Å². The van der Waals surface area contributed by atoms with Crippen LogP contribution in [0, 0.1) is 0 Å². The molecular formula is C20H24N4O2. The summed E-state index contributed by atoms with van der Waals surface area (Å²) in [6, 6.07) is 8.27. The van der Waals surface area contributed by atoms with Crippen LogP contribution >= 0.6 is 0 Å². The molecule has 1 aromatic carbocycles. The normalized spacial score (nSPS) is 23.0. The topological polar surface area (TPSA) is 100 Å². The summed E-state index contributed by atoms with van der Waals surface area (Å²) in [4.78, 5) is 28.2. The number of hydrogen-bond acceptors (Lipinski definition) is 3. The van der Waals surface area contributed by atoms with Crippen molar-refractivity contribution in [2.45, 2.75) is 44.2 Å². The van der Waals surface area contributed by atoms with E-state index >= 15 is 0 Å². The second-order valence-electron chi connectivity index (χ2n) is 7.22. The smallest absolute Gasteiger partial charge is 0.268 e. The Balaban J connectivity index is 1.57. The first-order valence-corrected chi connectivity index (χ1v) is 9.25. The lowest BCUT2D eigenvalue weighted by molar-refractivity contribution is -0.121. The van der Waals surface area contributed by atoms with Crippen LogP contribution in [0.2, 0.25) is 0 Å². The Bertz CT molecular complexity index is 875. The van der Waals surface area contributed by atoms with Crippen LogP contribution in [0.3, 0.4) is 0 Å². The molecule has 1 fully saturated rings. The lowest BCUT2D eigenvalue weighted by Gasteiger charge is -2.27. The van der Waals surface area contributed by atoms with Crippen molar-refractivity contribution in [3.8, 4) is 0 Å². The zero-order valence-electron chi connectivity index (χ0n) is 14.7. The predicted octanol–water partition coefficient (Wildman–Crippen LogP) is 2.07. The monoisotopic (exact) mass is 352 g/mol. The standard InChI is InChI=1S/C20H24N4O2/c21-13-5-7-14(8-6-13)23-17(25)11-12-9-10-22-20(26)19-18(12)15-3-1-2-4-16(15)24-19/h1-4,9,13-14,24H,5-8,10-11,21H2,(H,22,26)(H,23,25)/t13-,14-. The summed E-state index contributed by atoms with van der Waals surface area (Å²) in [6.45, 7) is 0.427. The van der Waals surface area contributed by atoms with Crippen LogP contribution in [-0.4, -0.2) is 35.4 Å². The second kappa shape index (κ2) is 6.96. The number of H-pyrrole nitrogens is 1. The molecule has 1 aliphatic heterocycles. The van der Waals surface area contributed by atoms with Crippen LogP contribution in [0.5, 0.6) is 0 Å². The van der Waals surface area contributed by atoms with Gasteiger partial charge in [0.25, 0.3) is 5.91 Å². The summed E-state index contributed by atoms with van der Waals surface area (Å²) >= 11 is 0. The number of benzene rings is 1. The number of hydrogen-bond donors (Lipinski definition) is 4. The van der Waals surface area contributed by atoms with E-state index < -0.39 is 0 Å². The van der Waals surface area contributed by atoms with E-state index in [-0.39, 0.29) is 30.3 Å². The second-order valence-corrected chi connectivity index (χ2v) is 7.22. The van der Waals surface area contributed by atoms with Gasteiger partial charge in [-0.15, -0.1) is 0 Å². The zero-order valence-corrected chi connectivity index (χ0v) is 14.7. The van der Waals surface area contributed by atoms with E-state index in [1.807, 2.05) is 30.3 Å². The van der Waals surface area contributed by atoms with Crippen LogP contribution in [-0.2, 0) is 4.79 Å². The highest BCUT2D eigenvalue weighted by atomic mass is 16.2. The maximum absolute atomic E-state index is 12.6. The quantitative estimate of drug-likeness (QED) is 0.680. The first kappa shape index (κ1) is 16.8. The van der Waals surface area contributed by atoms with E-state index in [4.69, 9.17) is 5.73 Å². The van der Waals surface area contributed by atoms with E-state index in [1.54, 1.807) is 0 Å². The van der Waals surface area contributed by atoms with Gasteiger partial charge in [-0.3, -0.25) is 9.59 Å². The molecule has 0 bridgehead atoms. The molecule has 136 valence electrons. The molecule has 4 rings (SSSR count). The van der Waals surface area contributed by atoms with Gasteiger partial charge in [0.2, 0.25) is 5.91 Å². The first-order valence-electron chi connectivity index (χ1n) is 9.25. The molecule has 6 nitrogen and oxygen atoms in total. The predicted molar refractivity (Wildman–Crippen MR) is 102 cm³/mol. The molecule has 5 N–H and O–H groups in total. The molecule has 0 saturated heterocycles. The number of fused-ring (bicyclic) bond motifs is 3. The minimum Gasteiger partial charge on any atom is -0.353 e. The van der Waals surface area contributed by atoms with Crippen molar-refractivity contribution in [2.75, 3.05) is 6.54 Å². The molecule has 0 spiro atoms. The number of carbonyl (C=O) groups is 2. The molecule has 6 heteroatoms. The van der Waals surface area contributed by atoms with E-state index in [1.165, 1.54) is 0 Å². The maximum atomic E-state index is 12.6. The number of aromatic nitrogens is 1. The fraction of sp³-hybridized carbons (Fsp3) is 0.400. The van der Waals surface area contributed by atoms with Gasteiger partial charge in [0.15, 0.2) is 0 Å². The minimum absolute atomic E-state index is 0.00213. The lowest BCUT2D eigenvalue weighted by atomic mass is 9.91. The van der Waals surface area contributed by atoms with Crippen molar-refractivity contribution in [1.82, 2.24) is 15.6 Å². The highest BCUT2D eigenvalue weighted by Crippen LogP contribution is 2.32. The SMILES string of the molecule is N[C@H]1CC[C@H](NC(=O)CC2=CCNC(=O)c3[nH]c4ccccc4c32)CC1. The largest absolute Gasteiger partial charge is 0.353 e. The zero-order chi connectivity index (χ0) is 18.1. The van der Waals surface area contributed by atoms with Crippen molar-refractivity contribution >= 4 is 28.3 Å². The van der Waals surface area contributed by atoms with E-state index in [0.29, 0.717) is 12.2 Å². The van der Waals surface area contributed by atoms with Gasteiger partial charge in [-0.2, -0.15) is 0 Å². The van der Waals surface area contributed by atoms with Crippen molar-refractivity contribution in [3.05, 3.63) is 41.6 Å². The van der Waals surface area contributed by atoms with Crippen molar-refractivity contribution in [3.63, 3.8) is 0 Å². The Labute approximate surface area is 152 Å². The van der Waals surface area contributed by atoms with Gasteiger partial charge in [-0.25, -0.2) is 0 Å². The Hall–Kier alpha value is -2.60. The number of aromatic amines is 1. The van der Waals surface area contributed by atoms with Crippen LogP contribution in [0.25, 0.3) is 16.5 Å². The Morgan fingerprint density at radius 1 is 1.19 bits per heavy atom. The fourth-order valence-electron chi connectivity index (χ4n) is 3.98. The van der Waals surface area contributed by atoms with Gasteiger partial charge in [0.05, 0.1) is 6.42 Å². The Morgan fingerprint density at radius 2 is 1.96 bits per heavy atom. The first-order chi connectivity index (χ1) is 12.6. The number of nitrogens with two attached hydrogens (primary N) is 1. The van der Waals surface area contributed by atoms with Gasteiger partial charge >= 0.3 is 0 Å². The summed E-state index contributed by atoms with van der Waals surface area (Å²) in [5, 5.41) is 6.97. The highest BCUT2D eigenvalue weighted by molar-refractivity contribution is 6.09. The van der Waals surface area contributed by atoms with Crippen molar-refractivity contribution in [1.29, 1.82) is 0 Å². The van der Waals surface area contributed by atoms with E-state index in [0.717, 1.165) is 47.7 Å². The summed E-state index contributed by atoms with van der Waals surface area (Å²) in [7, 11) is 0. The number of nitrogens with one attached hydrogen (secondary N) is 3. The van der Waals surface area contributed by atoms with Crippen LogP contribution < -0.4 is 16.4 Å². The Kier molecular flexibility index (Phi) is 4.51. The Morgan fingerprint density at radius 3 is 2.77 bits per heavy atom. The molecule has 1 aliphatic carbocycles. The molecule has 0 atom stereocenters. The average molecular weight is 352 g/mol. The molecule has 2 aliphatic rings. The molecule has 26 heavy (non-hydrogen) atoms. The van der Waals surface area contributed by atoms with Crippen LogP contribution in [0.15, 0.2) is 30.3 Å². The number of amides is 2. The summed E-state index contributed by atoms with van der Waals surface area (Å²) in [5.41, 5.74) is 9.11. The number of carbonyl (C=O) groups excluding carboxylic acids is 2. The molecular weight excluding hydrogens is 328 g/mol. The molecule has 2 amide bonds. The molecule has 2 aromatic rings. The third-order valence-electron chi connectivity index (χ3n) is 5.35. The number of para-hydroxylation sites is 1. The highest BCUT2D eigenvalue weighted by Gasteiger charge is 2.25. The molecule has 0 radical (unpaired) electrons. The number of rotatable bonds is 3. The molecule has 0 unspecified atom stereocenters. The van der Waals surface area contributed by atoms with Gasteiger partial charge in [0.1, 0.15) is 5.69 Å². The van der Waals surface area contributed by atoms with Crippen molar-refractivity contribution < 1.29 is 9.59 Å². The minimum atomic E-state index is -0.135. The van der Waals surface area contributed by atoms with E-state index in [2.05, 4.69) is 15.6 Å². The molecule has 1 aromatic heterocycles. The third kappa shape index (κ3) is 3.24. The lowest BCUT2D eigenvalue weighted by Crippen LogP contribution is -2.40. The van der Waals surface area contributed by atoms with Crippen LogP contribution in [0.4, 0.5) is 0 Å². The summed E-state index contributed by atoms with van der Waals surface area (Å²) in [5.74, 6) is -0.133. The van der Waals surface area contributed by atoms with Gasteiger partial charge in [-0.1, -0.05) is 24.3 Å². The van der Waals surface area contributed by atoms with Gasteiger partial charge in [-0.05, 0) is 37.3 Å². The third-order valence-corrected chi connectivity index (χ3v) is 5.35. The molecule has 1 saturated carbocycles. The van der Waals surface area contributed by atoms with Gasteiger partial charge < -0.3 is 21.4 Å².